The first-order valence-electron chi connectivity index (χ1n) is 6.68. The standard InChI is InChI=1S/C15H17NO4S2/c1-4-20-15(17)12-7-5-8-13(11(12)2)16(3)22(18,19)14-9-6-10-21-14/h5-10H,4H2,1-3H3. The molecule has 2 aromatic rings. The molecule has 0 aliphatic carbocycles. The zero-order valence-electron chi connectivity index (χ0n) is 12.6. The number of nitrogens with zero attached hydrogens (tertiary/aromatic N) is 1. The van der Waals surface area contributed by atoms with Crippen molar-refractivity contribution in [3.63, 3.8) is 0 Å². The highest BCUT2D eigenvalue weighted by Crippen LogP contribution is 2.29. The first kappa shape index (κ1) is 16.5. The number of carbonyl (C=O) groups excluding carboxylic acids is 1. The molecule has 1 aromatic carbocycles. The highest BCUT2D eigenvalue weighted by atomic mass is 32.2. The molecule has 7 heteroatoms. The molecular weight excluding hydrogens is 322 g/mol. The third-order valence-corrected chi connectivity index (χ3v) is 6.39. The molecule has 0 saturated heterocycles. The fraction of sp³-hybridized carbons (Fsp3) is 0.267. The average Bonchev–Trinajstić information content (AvgIpc) is 3.02. The molecule has 0 fully saturated rings. The summed E-state index contributed by atoms with van der Waals surface area (Å²) >= 11 is 1.16. The maximum Gasteiger partial charge on any atom is 0.338 e. The number of hydrogen-bond acceptors (Lipinski definition) is 5. The van der Waals surface area contributed by atoms with Crippen LogP contribution in [0.25, 0.3) is 0 Å². The summed E-state index contributed by atoms with van der Waals surface area (Å²) in [7, 11) is -2.15. The van der Waals surface area contributed by atoms with Crippen molar-refractivity contribution in [2.24, 2.45) is 0 Å². The Labute approximate surface area is 134 Å². The Hall–Kier alpha value is -1.86. The quantitative estimate of drug-likeness (QED) is 0.786. The molecule has 22 heavy (non-hydrogen) atoms. The maximum atomic E-state index is 12.6. The van der Waals surface area contributed by atoms with Gasteiger partial charge >= 0.3 is 5.97 Å². The van der Waals surface area contributed by atoms with Gasteiger partial charge in [-0.2, -0.15) is 0 Å². The Morgan fingerprint density at radius 3 is 2.59 bits per heavy atom. The van der Waals surface area contributed by atoms with Gasteiger partial charge in [0, 0.05) is 7.05 Å². The predicted molar refractivity (Wildman–Crippen MR) is 87.0 cm³/mol. The van der Waals surface area contributed by atoms with Gasteiger partial charge in [-0.25, -0.2) is 13.2 Å². The summed E-state index contributed by atoms with van der Waals surface area (Å²) in [6.45, 7) is 3.71. The van der Waals surface area contributed by atoms with Gasteiger partial charge in [0.15, 0.2) is 0 Å². The summed E-state index contributed by atoms with van der Waals surface area (Å²) in [5, 5.41) is 1.71. The number of esters is 1. The largest absolute Gasteiger partial charge is 0.462 e. The van der Waals surface area contributed by atoms with Gasteiger partial charge in [-0.3, -0.25) is 4.31 Å². The van der Waals surface area contributed by atoms with Gasteiger partial charge in [0.2, 0.25) is 0 Å². The van der Waals surface area contributed by atoms with Crippen molar-refractivity contribution in [1.82, 2.24) is 0 Å². The molecule has 0 amide bonds. The van der Waals surface area contributed by atoms with E-state index in [1.54, 1.807) is 49.6 Å². The summed E-state index contributed by atoms with van der Waals surface area (Å²) < 4.78 is 31.6. The van der Waals surface area contributed by atoms with Crippen molar-refractivity contribution in [3.8, 4) is 0 Å². The van der Waals surface area contributed by atoms with Crippen molar-refractivity contribution in [2.45, 2.75) is 18.1 Å². The fourth-order valence-electron chi connectivity index (χ4n) is 2.07. The Bertz CT molecular complexity index is 767. The topological polar surface area (TPSA) is 63.7 Å². The minimum Gasteiger partial charge on any atom is -0.462 e. The molecule has 0 bridgehead atoms. The van der Waals surface area contributed by atoms with E-state index in [1.165, 1.54) is 11.4 Å². The molecule has 0 atom stereocenters. The molecular formula is C15H17NO4S2. The number of benzene rings is 1. The Kier molecular flexibility index (Phi) is 4.87. The SMILES string of the molecule is CCOC(=O)c1cccc(N(C)S(=O)(=O)c2cccs2)c1C. The number of thiophene rings is 1. The average molecular weight is 339 g/mol. The van der Waals surface area contributed by atoms with Crippen LogP contribution in [0.2, 0.25) is 0 Å². The van der Waals surface area contributed by atoms with Crippen LogP contribution in [0.3, 0.4) is 0 Å². The highest BCUT2D eigenvalue weighted by molar-refractivity contribution is 7.94. The summed E-state index contributed by atoms with van der Waals surface area (Å²) in [5.41, 5.74) is 1.40. The molecule has 1 heterocycles. The van der Waals surface area contributed by atoms with Gasteiger partial charge in [0.1, 0.15) is 4.21 Å². The van der Waals surface area contributed by atoms with Crippen molar-refractivity contribution in [1.29, 1.82) is 0 Å². The molecule has 0 spiro atoms. The molecule has 2 rings (SSSR count). The van der Waals surface area contributed by atoms with Gasteiger partial charge in [0.05, 0.1) is 17.9 Å². The molecule has 0 radical (unpaired) electrons. The van der Waals surface area contributed by atoms with Crippen LogP contribution in [0.15, 0.2) is 39.9 Å². The van der Waals surface area contributed by atoms with E-state index >= 15 is 0 Å². The minimum atomic E-state index is -3.63. The Morgan fingerprint density at radius 2 is 2.00 bits per heavy atom. The Morgan fingerprint density at radius 1 is 1.27 bits per heavy atom. The zero-order valence-corrected chi connectivity index (χ0v) is 14.2. The van der Waals surface area contributed by atoms with Gasteiger partial charge in [-0.05, 0) is 43.0 Å². The normalized spacial score (nSPS) is 11.2. The van der Waals surface area contributed by atoms with Crippen LogP contribution in [-0.2, 0) is 14.8 Å². The number of hydrogen-bond donors (Lipinski definition) is 0. The van der Waals surface area contributed by atoms with E-state index in [0.717, 1.165) is 11.3 Å². The summed E-state index contributed by atoms with van der Waals surface area (Å²) in [4.78, 5) is 11.9. The highest BCUT2D eigenvalue weighted by Gasteiger charge is 2.25. The second-order valence-corrected chi connectivity index (χ2v) is 7.72. The first-order valence-corrected chi connectivity index (χ1v) is 9.00. The summed E-state index contributed by atoms with van der Waals surface area (Å²) in [6.07, 6.45) is 0. The predicted octanol–water partition coefficient (Wildman–Crippen LogP) is 3.06. The first-order chi connectivity index (χ1) is 10.4. The van der Waals surface area contributed by atoms with Crippen LogP contribution in [0, 0.1) is 6.92 Å². The van der Waals surface area contributed by atoms with Crippen LogP contribution in [-0.4, -0.2) is 28.0 Å². The number of ether oxygens (including phenoxy) is 1. The van der Waals surface area contributed by atoms with Crippen LogP contribution in [0.4, 0.5) is 5.69 Å². The lowest BCUT2D eigenvalue weighted by molar-refractivity contribution is 0.0525. The number of anilines is 1. The van der Waals surface area contributed by atoms with Gasteiger partial charge in [-0.15, -0.1) is 11.3 Å². The smallest absolute Gasteiger partial charge is 0.338 e. The molecule has 0 aliphatic rings. The van der Waals surface area contributed by atoms with E-state index in [2.05, 4.69) is 0 Å². The van der Waals surface area contributed by atoms with E-state index in [-0.39, 0.29) is 10.8 Å². The van der Waals surface area contributed by atoms with Gasteiger partial charge in [-0.1, -0.05) is 12.1 Å². The van der Waals surface area contributed by atoms with Gasteiger partial charge < -0.3 is 4.74 Å². The number of rotatable bonds is 5. The lowest BCUT2D eigenvalue weighted by Crippen LogP contribution is -2.27. The molecule has 0 N–H and O–H groups in total. The lowest BCUT2D eigenvalue weighted by Gasteiger charge is -2.21. The van der Waals surface area contributed by atoms with Crippen molar-refractivity contribution < 1.29 is 17.9 Å². The van der Waals surface area contributed by atoms with Crippen LogP contribution < -0.4 is 4.31 Å². The summed E-state index contributed by atoms with van der Waals surface area (Å²) in [5.74, 6) is -0.455. The molecule has 0 saturated carbocycles. The monoisotopic (exact) mass is 339 g/mol. The molecule has 1 aromatic heterocycles. The van der Waals surface area contributed by atoms with E-state index in [0.29, 0.717) is 16.8 Å². The molecule has 0 aliphatic heterocycles. The number of carbonyl (C=O) groups is 1. The third-order valence-electron chi connectivity index (χ3n) is 3.25. The van der Waals surface area contributed by atoms with Gasteiger partial charge in [0.25, 0.3) is 10.0 Å². The molecule has 5 nitrogen and oxygen atoms in total. The van der Waals surface area contributed by atoms with Crippen molar-refractivity contribution in [2.75, 3.05) is 18.0 Å². The van der Waals surface area contributed by atoms with Crippen LogP contribution >= 0.6 is 11.3 Å². The summed E-state index contributed by atoms with van der Waals surface area (Å²) in [6, 6.07) is 8.19. The Balaban J connectivity index is 2.45. The van der Waals surface area contributed by atoms with Crippen molar-refractivity contribution in [3.05, 3.63) is 46.8 Å². The third kappa shape index (κ3) is 3.00. The molecule has 118 valence electrons. The fourth-order valence-corrected chi connectivity index (χ4v) is 4.48. The van der Waals surface area contributed by atoms with E-state index < -0.39 is 16.0 Å². The van der Waals surface area contributed by atoms with Crippen LogP contribution in [0.5, 0.6) is 0 Å². The minimum absolute atomic E-state index is 0.260. The van der Waals surface area contributed by atoms with Crippen molar-refractivity contribution >= 4 is 33.0 Å². The zero-order chi connectivity index (χ0) is 16.3. The number of sulfonamides is 1. The van der Waals surface area contributed by atoms with E-state index in [9.17, 15) is 13.2 Å². The van der Waals surface area contributed by atoms with E-state index in [4.69, 9.17) is 4.74 Å². The van der Waals surface area contributed by atoms with E-state index in [1.807, 2.05) is 0 Å². The van der Waals surface area contributed by atoms with Crippen LogP contribution in [0.1, 0.15) is 22.8 Å². The molecule has 0 unspecified atom stereocenters. The maximum absolute atomic E-state index is 12.6. The second-order valence-electron chi connectivity index (χ2n) is 4.57. The lowest BCUT2D eigenvalue weighted by atomic mass is 10.1. The second kappa shape index (κ2) is 6.50.